The van der Waals surface area contributed by atoms with Gasteiger partial charge in [0, 0.05) is 59.1 Å². The number of fused-ring (bicyclic) bond motifs is 2. The minimum Gasteiger partial charge on any atom is -0.457 e. The molecule has 0 saturated carbocycles. The first kappa shape index (κ1) is 26.6. The summed E-state index contributed by atoms with van der Waals surface area (Å²) >= 11 is 0. The molecule has 5 heteroatoms. The summed E-state index contributed by atoms with van der Waals surface area (Å²) in [6.45, 7) is 13.3. The van der Waals surface area contributed by atoms with Gasteiger partial charge < -0.3 is 4.74 Å². The van der Waals surface area contributed by atoms with E-state index in [-0.39, 0.29) is 10.8 Å². The van der Waals surface area contributed by atoms with Crippen molar-refractivity contribution in [1.29, 1.82) is 0 Å². The smallest absolute Gasteiger partial charge is 0.128 e. The van der Waals surface area contributed by atoms with Crippen LogP contribution in [0.4, 0.5) is 0 Å². The lowest BCUT2D eigenvalue weighted by Gasteiger charge is -2.20. The van der Waals surface area contributed by atoms with E-state index in [0.29, 0.717) is 0 Å². The van der Waals surface area contributed by atoms with Crippen molar-refractivity contribution < 1.29 is 4.74 Å². The third kappa shape index (κ3) is 5.40. The van der Waals surface area contributed by atoms with Gasteiger partial charge in [0.25, 0.3) is 0 Å². The Morgan fingerprint density at radius 1 is 0.512 bits per heavy atom. The Balaban J connectivity index is 1.48. The molecule has 0 unspecified atom stereocenters. The summed E-state index contributed by atoms with van der Waals surface area (Å²) in [6, 6.07) is 20.8. The molecule has 0 aliphatic heterocycles. The Bertz CT molecular complexity index is 1760. The summed E-state index contributed by atoms with van der Waals surface area (Å²) < 4.78 is 6.62. The Labute approximate surface area is 241 Å². The zero-order chi connectivity index (χ0) is 28.8. The van der Waals surface area contributed by atoms with Gasteiger partial charge in [0.15, 0.2) is 0 Å². The Hall–Kier alpha value is -4.64. The van der Waals surface area contributed by atoms with E-state index in [4.69, 9.17) is 14.7 Å². The highest BCUT2D eigenvalue weighted by Crippen LogP contribution is 2.38. The molecule has 5 nitrogen and oxygen atoms in total. The number of benzene rings is 2. The van der Waals surface area contributed by atoms with Gasteiger partial charge in [0.1, 0.15) is 11.5 Å². The van der Waals surface area contributed by atoms with Crippen molar-refractivity contribution >= 4 is 21.5 Å². The van der Waals surface area contributed by atoms with Crippen molar-refractivity contribution in [3.05, 3.63) is 109 Å². The molecular weight excluding hydrogens is 504 g/mol. The zero-order valence-electron chi connectivity index (χ0n) is 24.4. The third-order valence-electron chi connectivity index (χ3n) is 7.50. The predicted octanol–water partition coefficient (Wildman–Crippen LogP) is 9.29. The van der Waals surface area contributed by atoms with Crippen LogP contribution in [0.25, 0.3) is 44.1 Å². The van der Waals surface area contributed by atoms with Crippen molar-refractivity contribution in [3.63, 3.8) is 0 Å². The summed E-state index contributed by atoms with van der Waals surface area (Å²) in [5.41, 5.74) is 6.24. The van der Waals surface area contributed by atoms with Crippen molar-refractivity contribution in [1.82, 2.24) is 19.9 Å². The van der Waals surface area contributed by atoms with E-state index in [1.165, 1.54) is 11.1 Å². The number of pyridine rings is 4. The first-order valence-electron chi connectivity index (χ1n) is 13.9. The fraction of sp³-hybridized carbons (Fsp3) is 0.222. The first-order chi connectivity index (χ1) is 19.6. The van der Waals surface area contributed by atoms with E-state index in [2.05, 4.69) is 100 Å². The van der Waals surface area contributed by atoms with Crippen LogP contribution >= 0.6 is 0 Å². The molecule has 41 heavy (non-hydrogen) atoms. The molecule has 0 spiro atoms. The molecular formula is C36H34N4O. The van der Waals surface area contributed by atoms with Crippen LogP contribution in [0, 0.1) is 0 Å². The fourth-order valence-electron chi connectivity index (χ4n) is 5.11. The molecule has 0 atom stereocenters. The molecule has 6 aromatic rings. The molecule has 0 fully saturated rings. The summed E-state index contributed by atoms with van der Waals surface area (Å²) in [5.74, 6) is 1.47. The highest BCUT2D eigenvalue weighted by atomic mass is 16.5. The second-order valence-electron chi connectivity index (χ2n) is 12.6. The molecule has 0 bridgehead atoms. The standard InChI is InChI=1S/C36H34N4O/c1-35(2,3)25-9-13-39-33(17-25)29-19-27(15-23-7-11-37-21-31(23)29)41-28-16-24-8-12-38-22-32(24)30(20-28)34-18-26(10-14-40-34)36(4,5)6/h7-22H,1-6H3. The van der Waals surface area contributed by atoms with Crippen molar-refractivity contribution in [2.45, 2.75) is 52.4 Å². The van der Waals surface area contributed by atoms with E-state index in [0.717, 1.165) is 55.6 Å². The largest absolute Gasteiger partial charge is 0.457 e. The van der Waals surface area contributed by atoms with E-state index >= 15 is 0 Å². The van der Waals surface area contributed by atoms with Gasteiger partial charge in [-0.25, -0.2) is 0 Å². The van der Waals surface area contributed by atoms with Gasteiger partial charge in [0.2, 0.25) is 0 Å². The molecule has 4 aromatic heterocycles. The van der Waals surface area contributed by atoms with Crippen LogP contribution in [-0.2, 0) is 10.8 Å². The quantitative estimate of drug-likeness (QED) is 0.224. The summed E-state index contributed by atoms with van der Waals surface area (Å²) in [5, 5.41) is 4.15. The lowest BCUT2D eigenvalue weighted by Crippen LogP contribution is -2.11. The fourth-order valence-corrected chi connectivity index (χ4v) is 5.11. The number of hydrogen-bond acceptors (Lipinski definition) is 5. The maximum atomic E-state index is 6.62. The van der Waals surface area contributed by atoms with E-state index < -0.39 is 0 Å². The van der Waals surface area contributed by atoms with Crippen LogP contribution in [-0.4, -0.2) is 19.9 Å². The van der Waals surface area contributed by atoms with Crippen molar-refractivity contribution in [2.24, 2.45) is 0 Å². The molecule has 6 rings (SSSR count). The highest BCUT2D eigenvalue weighted by Gasteiger charge is 2.18. The predicted molar refractivity (Wildman–Crippen MR) is 167 cm³/mol. The van der Waals surface area contributed by atoms with Crippen molar-refractivity contribution in [3.8, 4) is 34.0 Å². The lowest BCUT2D eigenvalue weighted by molar-refractivity contribution is 0.484. The van der Waals surface area contributed by atoms with E-state index in [1.807, 2.05) is 49.3 Å². The van der Waals surface area contributed by atoms with Crippen LogP contribution in [0.2, 0.25) is 0 Å². The first-order valence-corrected chi connectivity index (χ1v) is 13.9. The van der Waals surface area contributed by atoms with Crippen LogP contribution in [0.1, 0.15) is 52.7 Å². The minimum atomic E-state index is 0.00847. The highest BCUT2D eigenvalue weighted by molar-refractivity contribution is 5.98. The monoisotopic (exact) mass is 538 g/mol. The van der Waals surface area contributed by atoms with Gasteiger partial charge in [-0.3, -0.25) is 19.9 Å². The number of ether oxygens (including phenoxy) is 1. The number of nitrogens with zero attached hydrogens (tertiary/aromatic N) is 4. The number of hydrogen-bond donors (Lipinski definition) is 0. The molecule has 0 radical (unpaired) electrons. The van der Waals surface area contributed by atoms with Crippen LogP contribution in [0.5, 0.6) is 11.5 Å². The van der Waals surface area contributed by atoms with Crippen molar-refractivity contribution in [2.75, 3.05) is 0 Å². The Morgan fingerprint density at radius 2 is 0.951 bits per heavy atom. The molecule has 0 saturated heterocycles. The molecule has 0 aliphatic rings. The number of aromatic nitrogens is 4. The average molecular weight is 539 g/mol. The molecule has 204 valence electrons. The zero-order valence-corrected chi connectivity index (χ0v) is 24.4. The van der Waals surface area contributed by atoms with Crippen LogP contribution in [0.3, 0.4) is 0 Å². The molecule has 0 N–H and O–H groups in total. The minimum absolute atomic E-state index is 0.00847. The van der Waals surface area contributed by atoms with Gasteiger partial charge in [-0.15, -0.1) is 0 Å². The van der Waals surface area contributed by atoms with Crippen LogP contribution < -0.4 is 4.74 Å². The lowest BCUT2D eigenvalue weighted by atomic mass is 9.86. The van der Waals surface area contributed by atoms with Gasteiger partial charge in [-0.2, -0.15) is 0 Å². The van der Waals surface area contributed by atoms with Gasteiger partial charge in [0.05, 0.1) is 11.4 Å². The second kappa shape index (κ2) is 10.1. The van der Waals surface area contributed by atoms with E-state index in [1.54, 1.807) is 0 Å². The summed E-state index contributed by atoms with van der Waals surface area (Å²) in [7, 11) is 0. The molecule has 2 aromatic carbocycles. The third-order valence-corrected chi connectivity index (χ3v) is 7.50. The topological polar surface area (TPSA) is 60.8 Å². The molecule has 0 amide bonds. The normalized spacial score (nSPS) is 12.1. The Morgan fingerprint density at radius 3 is 1.37 bits per heavy atom. The van der Waals surface area contributed by atoms with Crippen LogP contribution in [0.15, 0.2) is 97.8 Å². The summed E-state index contributed by atoms with van der Waals surface area (Å²) in [4.78, 5) is 18.3. The van der Waals surface area contributed by atoms with Gasteiger partial charge in [-0.1, -0.05) is 41.5 Å². The molecule has 4 heterocycles. The average Bonchev–Trinajstić information content (AvgIpc) is 2.95. The molecule has 0 aliphatic carbocycles. The van der Waals surface area contributed by atoms with Gasteiger partial charge >= 0.3 is 0 Å². The Kier molecular flexibility index (Phi) is 6.53. The maximum Gasteiger partial charge on any atom is 0.128 e. The second-order valence-corrected chi connectivity index (χ2v) is 12.6. The number of rotatable bonds is 4. The van der Waals surface area contributed by atoms with Gasteiger partial charge in [-0.05, 0) is 93.4 Å². The SMILES string of the molecule is CC(C)(C)c1ccnc(-c2cc(Oc3cc(-c4cc(C(C)(C)C)ccn4)c4cnccc4c3)cc3ccncc23)c1. The van der Waals surface area contributed by atoms with E-state index in [9.17, 15) is 0 Å². The summed E-state index contributed by atoms with van der Waals surface area (Å²) in [6.07, 6.45) is 11.2. The maximum absolute atomic E-state index is 6.62.